The molecule has 0 unspecified atom stereocenters. The first-order valence-corrected chi connectivity index (χ1v) is 7.72. The maximum Gasteiger partial charge on any atom is 0.271 e. The van der Waals surface area contributed by atoms with Crippen LogP contribution in [-0.4, -0.2) is 47.1 Å². The van der Waals surface area contributed by atoms with Crippen LogP contribution in [0.4, 0.5) is 5.69 Å². The highest BCUT2D eigenvalue weighted by Gasteiger charge is 2.23. The molecule has 2 heterocycles. The number of methoxy groups -OCH3 is 1. The monoisotopic (exact) mass is 315 g/mol. The van der Waals surface area contributed by atoms with Crippen LogP contribution in [0.2, 0.25) is 0 Å². The topological polar surface area (TPSA) is 72.3 Å². The molecule has 3 rings (SSSR count). The molecular weight excluding hydrogens is 294 g/mol. The maximum atomic E-state index is 12.3. The van der Waals surface area contributed by atoms with Gasteiger partial charge in [0.25, 0.3) is 5.91 Å². The normalized spacial score (nSPS) is 17.8. The molecule has 1 fully saturated rings. The summed E-state index contributed by atoms with van der Waals surface area (Å²) >= 11 is 0. The Bertz CT molecular complexity index is 685. The van der Waals surface area contributed by atoms with Crippen LogP contribution in [0.1, 0.15) is 23.3 Å². The fourth-order valence-electron chi connectivity index (χ4n) is 2.89. The number of nitrogens with one attached hydrogen (secondary N) is 1. The van der Waals surface area contributed by atoms with Gasteiger partial charge in [-0.05, 0) is 25.0 Å². The van der Waals surface area contributed by atoms with Crippen LogP contribution < -0.4 is 15.0 Å². The summed E-state index contributed by atoms with van der Waals surface area (Å²) in [5.41, 5.74) is 1.59. The third-order valence-electron chi connectivity index (χ3n) is 4.12. The van der Waals surface area contributed by atoms with Crippen LogP contribution in [0, 0.1) is 0 Å². The molecule has 1 aromatic carbocycles. The first kappa shape index (κ1) is 15.3. The van der Waals surface area contributed by atoms with Crippen LogP contribution >= 0.6 is 0 Å². The lowest BCUT2D eigenvalue weighted by Gasteiger charge is -2.34. The molecule has 1 aliphatic heterocycles. The fraction of sp³-hybridized carbons (Fsp3) is 0.438. The minimum absolute atomic E-state index is 0.109. The minimum atomic E-state index is -0.130. The molecule has 0 spiro atoms. The lowest BCUT2D eigenvalue weighted by atomic mass is 10.0. The number of hydrogen-bond acceptors (Lipinski definition) is 5. The molecule has 2 aromatic rings. The SMILES string of the molecule is COc1cccc(N2CCC[C@H](NC(=O)c3cnnn3C)C2)c1. The largest absolute Gasteiger partial charge is 0.497 e. The molecule has 7 heteroatoms. The number of aromatic nitrogens is 3. The number of anilines is 1. The Labute approximate surface area is 135 Å². The van der Waals surface area contributed by atoms with Gasteiger partial charge in [0.15, 0.2) is 0 Å². The van der Waals surface area contributed by atoms with Gasteiger partial charge in [0, 0.05) is 37.9 Å². The van der Waals surface area contributed by atoms with Gasteiger partial charge < -0.3 is 15.0 Å². The summed E-state index contributed by atoms with van der Waals surface area (Å²) in [5, 5.41) is 10.6. The van der Waals surface area contributed by atoms with Gasteiger partial charge in [-0.3, -0.25) is 4.79 Å². The number of piperidine rings is 1. The van der Waals surface area contributed by atoms with Crippen molar-refractivity contribution < 1.29 is 9.53 Å². The first-order valence-electron chi connectivity index (χ1n) is 7.72. The van der Waals surface area contributed by atoms with Crippen LogP contribution in [0.25, 0.3) is 0 Å². The van der Waals surface area contributed by atoms with E-state index in [4.69, 9.17) is 4.74 Å². The van der Waals surface area contributed by atoms with E-state index in [-0.39, 0.29) is 11.9 Å². The highest BCUT2D eigenvalue weighted by atomic mass is 16.5. The van der Waals surface area contributed by atoms with Gasteiger partial charge >= 0.3 is 0 Å². The van der Waals surface area contributed by atoms with E-state index in [2.05, 4.69) is 26.6 Å². The molecule has 1 aromatic heterocycles. The number of benzene rings is 1. The number of aryl methyl sites for hydroxylation is 1. The minimum Gasteiger partial charge on any atom is -0.497 e. The second-order valence-corrected chi connectivity index (χ2v) is 5.70. The molecule has 1 N–H and O–H groups in total. The Kier molecular flexibility index (Phi) is 4.45. The van der Waals surface area contributed by atoms with Gasteiger partial charge in [-0.1, -0.05) is 11.3 Å². The number of carbonyl (C=O) groups excluding carboxylic acids is 1. The van der Waals surface area contributed by atoms with E-state index in [1.54, 1.807) is 14.2 Å². The average molecular weight is 315 g/mol. The number of amides is 1. The van der Waals surface area contributed by atoms with Crippen molar-refractivity contribution >= 4 is 11.6 Å². The molecule has 1 saturated heterocycles. The van der Waals surface area contributed by atoms with Crippen LogP contribution in [-0.2, 0) is 7.05 Å². The third-order valence-corrected chi connectivity index (χ3v) is 4.12. The fourth-order valence-corrected chi connectivity index (χ4v) is 2.89. The highest BCUT2D eigenvalue weighted by molar-refractivity contribution is 5.92. The molecule has 1 atom stereocenters. The van der Waals surface area contributed by atoms with Crippen molar-refractivity contribution in [2.75, 3.05) is 25.1 Å². The smallest absolute Gasteiger partial charge is 0.271 e. The Morgan fingerprint density at radius 3 is 3.04 bits per heavy atom. The zero-order valence-electron chi connectivity index (χ0n) is 13.4. The molecule has 1 amide bonds. The summed E-state index contributed by atoms with van der Waals surface area (Å²) in [5.74, 6) is 0.713. The summed E-state index contributed by atoms with van der Waals surface area (Å²) in [7, 11) is 3.38. The van der Waals surface area contributed by atoms with Gasteiger partial charge in [0.05, 0.1) is 13.3 Å². The first-order chi connectivity index (χ1) is 11.2. The standard InChI is InChI=1S/C16H21N5O2/c1-20-15(10-17-19-20)16(22)18-12-5-4-8-21(11-12)13-6-3-7-14(9-13)23-2/h3,6-7,9-10,12H,4-5,8,11H2,1-2H3,(H,18,22)/t12-/m0/s1. The Morgan fingerprint density at radius 1 is 1.43 bits per heavy atom. The number of carbonyl (C=O) groups is 1. The molecule has 7 nitrogen and oxygen atoms in total. The summed E-state index contributed by atoms with van der Waals surface area (Å²) in [4.78, 5) is 14.6. The van der Waals surface area contributed by atoms with Gasteiger partial charge in [0.2, 0.25) is 0 Å². The summed E-state index contributed by atoms with van der Waals surface area (Å²) in [6.07, 6.45) is 3.49. The zero-order chi connectivity index (χ0) is 16.2. The number of rotatable bonds is 4. The van der Waals surface area contributed by atoms with E-state index in [0.717, 1.165) is 37.4 Å². The van der Waals surface area contributed by atoms with Crippen molar-refractivity contribution in [3.8, 4) is 5.75 Å². The van der Waals surface area contributed by atoms with Crippen molar-refractivity contribution in [1.29, 1.82) is 0 Å². The maximum absolute atomic E-state index is 12.3. The lowest BCUT2D eigenvalue weighted by Crippen LogP contribution is -2.48. The van der Waals surface area contributed by atoms with Crippen molar-refractivity contribution in [2.45, 2.75) is 18.9 Å². The highest BCUT2D eigenvalue weighted by Crippen LogP contribution is 2.24. The van der Waals surface area contributed by atoms with Gasteiger partial charge in [0.1, 0.15) is 11.4 Å². The van der Waals surface area contributed by atoms with Gasteiger partial charge in [-0.25, -0.2) is 4.68 Å². The van der Waals surface area contributed by atoms with Gasteiger partial charge in [-0.2, -0.15) is 0 Å². The lowest BCUT2D eigenvalue weighted by molar-refractivity contribution is 0.0923. The van der Waals surface area contributed by atoms with Crippen molar-refractivity contribution in [3.63, 3.8) is 0 Å². The van der Waals surface area contributed by atoms with E-state index in [0.29, 0.717) is 5.69 Å². The van der Waals surface area contributed by atoms with Crippen LogP contribution in [0.5, 0.6) is 5.75 Å². The Morgan fingerprint density at radius 2 is 2.30 bits per heavy atom. The summed E-state index contributed by atoms with van der Waals surface area (Å²) in [6.45, 7) is 1.76. The molecule has 0 bridgehead atoms. The quantitative estimate of drug-likeness (QED) is 0.918. The van der Waals surface area contributed by atoms with E-state index in [9.17, 15) is 4.79 Å². The second kappa shape index (κ2) is 6.68. The molecule has 122 valence electrons. The number of nitrogens with zero attached hydrogens (tertiary/aromatic N) is 4. The van der Waals surface area contributed by atoms with Crippen LogP contribution in [0.3, 0.4) is 0 Å². The van der Waals surface area contributed by atoms with E-state index >= 15 is 0 Å². The van der Waals surface area contributed by atoms with Crippen molar-refractivity contribution in [2.24, 2.45) is 7.05 Å². The molecule has 23 heavy (non-hydrogen) atoms. The third kappa shape index (κ3) is 3.44. The van der Waals surface area contributed by atoms with Gasteiger partial charge in [-0.15, -0.1) is 5.10 Å². The number of hydrogen-bond donors (Lipinski definition) is 1. The summed E-state index contributed by atoms with van der Waals surface area (Å²) < 4.78 is 6.77. The molecule has 1 aliphatic rings. The molecule has 0 saturated carbocycles. The van der Waals surface area contributed by atoms with E-state index in [1.807, 2.05) is 18.2 Å². The molecular formula is C16H21N5O2. The Balaban J connectivity index is 1.66. The molecule has 0 aliphatic carbocycles. The van der Waals surface area contributed by atoms with Crippen LogP contribution in [0.15, 0.2) is 30.5 Å². The second-order valence-electron chi connectivity index (χ2n) is 5.70. The number of ether oxygens (including phenoxy) is 1. The van der Waals surface area contributed by atoms with Crippen molar-refractivity contribution in [1.82, 2.24) is 20.3 Å². The molecule has 0 radical (unpaired) electrons. The Hall–Kier alpha value is -2.57. The summed E-state index contributed by atoms with van der Waals surface area (Å²) in [6, 6.07) is 8.12. The predicted octanol–water partition coefficient (Wildman–Crippen LogP) is 1.22. The predicted molar refractivity (Wildman–Crippen MR) is 86.7 cm³/mol. The van der Waals surface area contributed by atoms with E-state index < -0.39 is 0 Å². The van der Waals surface area contributed by atoms with Crippen molar-refractivity contribution in [3.05, 3.63) is 36.2 Å². The van der Waals surface area contributed by atoms with E-state index in [1.165, 1.54) is 10.9 Å². The zero-order valence-corrected chi connectivity index (χ0v) is 13.4. The average Bonchev–Trinajstić information content (AvgIpc) is 3.01.